The second-order valence-electron chi connectivity index (χ2n) is 3.83. The summed E-state index contributed by atoms with van der Waals surface area (Å²) in [4.78, 5) is 0.137. The fourth-order valence-corrected chi connectivity index (χ4v) is 1.87. The number of rotatable bonds is 4. The number of hydrogen-bond acceptors (Lipinski definition) is 3. The third kappa shape index (κ3) is 2.57. The van der Waals surface area contributed by atoms with Crippen LogP contribution in [0.3, 0.4) is 0 Å². The van der Waals surface area contributed by atoms with E-state index in [-0.39, 0.29) is 4.83 Å². The summed E-state index contributed by atoms with van der Waals surface area (Å²) < 4.78 is 5.70. The second kappa shape index (κ2) is 5.45. The van der Waals surface area contributed by atoms with Gasteiger partial charge in [0.2, 0.25) is 11.8 Å². The molecule has 0 amide bonds. The van der Waals surface area contributed by atoms with Crippen LogP contribution in [0.2, 0.25) is 0 Å². The SMILES string of the molecule is CCc1ccccc1-c1nnc(C(Br)CC)o1. The Bertz CT molecular complexity index is 496. The van der Waals surface area contributed by atoms with Crippen molar-refractivity contribution < 1.29 is 4.42 Å². The van der Waals surface area contributed by atoms with E-state index in [9.17, 15) is 0 Å². The monoisotopic (exact) mass is 294 g/mol. The number of nitrogens with zero attached hydrogens (tertiary/aromatic N) is 2. The van der Waals surface area contributed by atoms with Gasteiger partial charge in [0, 0.05) is 5.56 Å². The topological polar surface area (TPSA) is 38.9 Å². The first-order valence-corrected chi connectivity index (χ1v) is 6.73. The van der Waals surface area contributed by atoms with E-state index in [2.05, 4.69) is 46.0 Å². The molecule has 0 aliphatic heterocycles. The molecule has 0 spiro atoms. The minimum Gasteiger partial charge on any atom is -0.419 e. The molecule has 90 valence electrons. The number of benzene rings is 1. The Morgan fingerprint density at radius 1 is 1.24 bits per heavy atom. The lowest BCUT2D eigenvalue weighted by Gasteiger charge is -2.02. The Labute approximate surface area is 109 Å². The van der Waals surface area contributed by atoms with Crippen LogP contribution in [0, 0.1) is 0 Å². The largest absolute Gasteiger partial charge is 0.419 e. The molecule has 0 bridgehead atoms. The molecule has 1 atom stereocenters. The second-order valence-corrected chi connectivity index (χ2v) is 4.94. The summed E-state index contributed by atoms with van der Waals surface area (Å²) in [6.45, 7) is 4.19. The van der Waals surface area contributed by atoms with Gasteiger partial charge in [-0.25, -0.2) is 0 Å². The minimum atomic E-state index is 0.137. The number of aryl methyl sites for hydroxylation is 1. The Kier molecular flexibility index (Phi) is 3.94. The molecule has 3 nitrogen and oxygen atoms in total. The van der Waals surface area contributed by atoms with Gasteiger partial charge in [0.25, 0.3) is 0 Å². The molecule has 0 radical (unpaired) electrons. The fourth-order valence-electron chi connectivity index (χ4n) is 1.68. The van der Waals surface area contributed by atoms with Crippen molar-refractivity contribution in [2.24, 2.45) is 0 Å². The summed E-state index contributed by atoms with van der Waals surface area (Å²) in [5, 5.41) is 8.19. The number of aromatic nitrogens is 2. The van der Waals surface area contributed by atoms with Crippen LogP contribution in [0.1, 0.15) is 36.5 Å². The lowest BCUT2D eigenvalue weighted by molar-refractivity contribution is 0.500. The molecule has 0 saturated carbocycles. The fraction of sp³-hybridized carbons (Fsp3) is 0.385. The number of halogens is 1. The molecule has 4 heteroatoms. The van der Waals surface area contributed by atoms with Gasteiger partial charge >= 0.3 is 0 Å². The predicted octanol–water partition coefficient (Wildman–Crippen LogP) is 4.15. The van der Waals surface area contributed by atoms with Crippen LogP contribution in [0.5, 0.6) is 0 Å². The maximum atomic E-state index is 5.70. The van der Waals surface area contributed by atoms with E-state index < -0.39 is 0 Å². The van der Waals surface area contributed by atoms with Crippen molar-refractivity contribution in [2.75, 3.05) is 0 Å². The van der Waals surface area contributed by atoms with Gasteiger partial charge in [-0.2, -0.15) is 0 Å². The molecule has 0 aliphatic rings. The quantitative estimate of drug-likeness (QED) is 0.795. The molecule has 0 N–H and O–H groups in total. The summed E-state index contributed by atoms with van der Waals surface area (Å²) in [6, 6.07) is 8.12. The minimum absolute atomic E-state index is 0.137. The number of alkyl halides is 1. The van der Waals surface area contributed by atoms with Crippen molar-refractivity contribution in [1.82, 2.24) is 10.2 Å². The normalized spacial score (nSPS) is 12.6. The van der Waals surface area contributed by atoms with Crippen LogP contribution in [-0.4, -0.2) is 10.2 Å². The van der Waals surface area contributed by atoms with Gasteiger partial charge in [-0.05, 0) is 24.5 Å². The van der Waals surface area contributed by atoms with Crippen LogP contribution >= 0.6 is 15.9 Å². The van der Waals surface area contributed by atoms with Crippen molar-refractivity contribution >= 4 is 15.9 Å². The maximum absolute atomic E-state index is 5.70. The van der Waals surface area contributed by atoms with Gasteiger partial charge in [0.15, 0.2) is 0 Å². The summed E-state index contributed by atoms with van der Waals surface area (Å²) in [5.74, 6) is 1.25. The lowest BCUT2D eigenvalue weighted by atomic mass is 10.1. The van der Waals surface area contributed by atoms with E-state index in [0.717, 1.165) is 18.4 Å². The third-order valence-electron chi connectivity index (χ3n) is 2.70. The van der Waals surface area contributed by atoms with Crippen molar-refractivity contribution in [1.29, 1.82) is 0 Å². The van der Waals surface area contributed by atoms with E-state index >= 15 is 0 Å². The first-order valence-electron chi connectivity index (χ1n) is 5.82. The van der Waals surface area contributed by atoms with Crippen LogP contribution in [0.15, 0.2) is 28.7 Å². The van der Waals surface area contributed by atoms with Crippen molar-refractivity contribution in [2.45, 2.75) is 31.5 Å². The summed E-state index contributed by atoms with van der Waals surface area (Å²) in [7, 11) is 0. The highest BCUT2D eigenvalue weighted by Crippen LogP contribution is 2.29. The molecule has 0 fully saturated rings. The Morgan fingerprint density at radius 3 is 2.71 bits per heavy atom. The van der Waals surface area contributed by atoms with E-state index in [4.69, 9.17) is 4.42 Å². The molecule has 1 aromatic carbocycles. The average molecular weight is 295 g/mol. The van der Waals surface area contributed by atoms with E-state index in [0.29, 0.717) is 11.8 Å². The van der Waals surface area contributed by atoms with Crippen molar-refractivity contribution in [3.8, 4) is 11.5 Å². The van der Waals surface area contributed by atoms with E-state index in [1.807, 2.05) is 18.2 Å². The Balaban J connectivity index is 2.37. The highest BCUT2D eigenvalue weighted by molar-refractivity contribution is 9.09. The predicted molar refractivity (Wildman–Crippen MR) is 71.1 cm³/mol. The van der Waals surface area contributed by atoms with Crippen molar-refractivity contribution in [3.63, 3.8) is 0 Å². The van der Waals surface area contributed by atoms with Gasteiger partial charge in [-0.1, -0.05) is 48.0 Å². The van der Waals surface area contributed by atoms with Crippen molar-refractivity contribution in [3.05, 3.63) is 35.7 Å². The van der Waals surface area contributed by atoms with E-state index in [1.165, 1.54) is 5.56 Å². The summed E-state index contributed by atoms with van der Waals surface area (Å²) in [6.07, 6.45) is 1.89. The Hall–Kier alpha value is -1.16. The molecule has 1 unspecified atom stereocenters. The molecule has 0 aliphatic carbocycles. The standard InChI is InChI=1S/C13H15BrN2O/c1-3-9-7-5-6-8-10(9)12-15-16-13(17-12)11(14)4-2/h5-8,11H,3-4H2,1-2H3. The van der Waals surface area contributed by atoms with Gasteiger partial charge in [-0.15, -0.1) is 10.2 Å². The smallest absolute Gasteiger partial charge is 0.248 e. The molecular formula is C13H15BrN2O. The molecule has 1 aromatic heterocycles. The zero-order valence-corrected chi connectivity index (χ0v) is 11.6. The molecule has 1 heterocycles. The molecule has 17 heavy (non-hydrogen) atoms. The van der Waals surface area contributed by atoms with Gasteiger partial charge < -0.3 is 4.42 Å². The first-order chi connectivity index (χ1) is 8.26. The molecule has 2 rings (SSSR count). The zero-order valence-electron chi connectivity index (χ0n) is 9.98. The third-order valence-corrected chi connectivity index (χ3v) is 3.73. The maximum Gasteiger partial charge on any atom is 0.248 e. The highest BCUT2D eigenvalue weighted by Gasteiger charge is 2.15. The van der Waals surface area contributed by atoms with Crippen LogP contribution in [0.25, 0.3) is 11.5 Å². The van der Waals surface area contributed by atoms with Gasteiger partial charge in [0.1, 0.15) is 0 Å². The van der Waals surface area contributed by atoms with E-state index in [1.54, 1.807) is 0 Å². The first kappa shape index (κ1) is 12.3. The van der Waals surface area contributed by atoms with Gasteiger partial charge in [-0.3, -0.25) is 0 Å². The van der Waals surface area contributed by atoms with Crippen LogP contribution in [-0.2, 0) is 6.42 Å². The van der Waals surface area contributed by atoms with Crippen LogP contribution in [0.4, 0.5) is 0 Å². The summed E-state index contributed by atoms with van der Waals surface area (Å²) >= 11 is 3.51. The molecule has 0 saturated heterocycles. The number of hydrogen-bond donors (Lipinski definition) is 0. The Morgan fingerprint density at radius 2 is 2.00 bits per heavy atom. The van der Waals surface area contributed by atoms with Crippen LogP contribution < -0.4 is 0 Å². The average Bonchev–Trinajstić information content (AvgIpc) is 2.87. The summed E-state index contributed by atoms with van der Waals surface area (Å²) in [5.41, 5.74) is 2.26. The molecule has 2 aromatic rings. The highest BCUT2D eigenvalue weighted by atomic mass is 79.9. The molecular weight excluding hydrogens is 280 g/mol. The zero-order chi connectivity index (χ0) is 12.3. The lowest BCUT2D eigenvalue weighted by Crippen LogP contribution is -1.86. The van der Waals surface area contributed by atoms with Gasteiger partial charge in [0.05, 0.1) is 4.83 Å².